The van der Waals surface area contributed by atoms with Crippen molar-refractivity contribution >= 4 is 22.7 Å². The molecule has 0 unspecified atom stereocenters. The summed E-state index contributed by atoms with van der Waals surface area (Å²) in [4.78, 5) is 8.90. The first-order valence-corrected chi connectivity index (χ1v) is 8.08. The van der Waals surface area contributed by atoms with Gasteiger partial charge in [-0.15, -0.1) is 11.3 Å². The second-order valence-corrected chi connectivity index (χ2v) is 5.80. The lowest BCUT2D eigenvalue weighted by Gasteiger charge is -2.05. The molecular weight excluding hydrogens is 324 g/mol. The number of phenols is 1. The lowest BCUT2D eigenvalue weighted by Crippen LogP contribution is -1.90. The number of hydrogen-bond acceptors (Lipinski definition) is 6. The number of hydrogen-bond donors (Lipinski definition) is 1. The molecule has 0 saturated carbocycles. The predicted molar refractivity (Wildman–Crippen MR) is 96.0 cm³/mol. The third kappa shape index (κ3) is 3.72. The molecule has 0 aliphatic carbocycles. The minimum absolute atomic E-state index is 0.235. The van der Waals surface area contributed by atoms with E-state index in [9.17, 15) is 5.11 Å². The Balaban J connectivity index is 1.81. The maximum absolute atomic E-state index is 9.34. The van der Waals surface area contributed by atoms with Crippen LogP contribution in [-0.2, 0) is 0 Å². The van der Waals surface area contributed by atoms with Gasteiger partial charge in [-0.05, 0) is 36.4 Å². The van der Waals surface area contributed by atoms with Crippen LogP contribution in [0.2, 0.25) is 0 Å². The van der Waals surface area contributed by atoms with Gasteiger partial charge in [-0.1, -0.05) is 0 Å². The summed E-state index contributed by atoms with van der Waals surface area (Å²) in [6, 6.07) is 12.5. The van der Waals surface area contributed by atoms with E-state index in [0.717, 1.165) is 16.8 Å². The third-order valence-electron chi connectivity index (χ3n) is 3.35. The molecule has 24 heavy (non-hydrogen) atoms. The molecule has 0 amide bonds. The maximum atomic E-state index is 9.34. The van der Waals surface area contributed by atoms with Crippen LogP contribution in [0.4, 0.5) is 5.13 Å². The smallest absolute Gasteiger partial charge is 0.209 e. The molecule has 5 nitrogen and oxygen atoms in total. The van der Waals surface area contributed by atoms with Gasteiger partial charge in [0.1, 0.15) is 17.2 Å². The van der Waals surface area contributed by atoms with Gasteiger partial charge in [0.15, 0.2) is 0 Å². The van der Waals surface area contributed by atoms with Crippen molar-refractivity contribution in [2.75, 3.05) is 14.2 Å². The van der Waals surface area contributed by atoms with E-state index in [4.69, 9.17) is 9.47 Å². The van der Waals surface area contributed by atoms with E-state index in [-0.39, 0.29) is 5.75 Å². The minimum Gasteiger partial charge on any atom is -0.508 e. The van der Waals surface area contributed by atoms with Crippen LogP contribution in [0, 0.1) is 0 Å². The number of rotatable bonds is 5. The lowest BCUT2D eigenvalue weighted by molar-refractivity contribution is 0.394. The minimum atomic E-state index is 0.235. The Morgan fingerprint density at radius 2 is 1.71 bits per heavy atom. The normalized spacial score (nSPS) is 10.9. The van der Waals surface area contributed by atoms with Crippen molar-refractivity contribution in [3.63, 3.8) is 0 Å². The van der Waals surface area contributed by atoms with E-state index in [1.165, 1.54) is 11.3 Å². The van der Waals surface area contributed by atoms with Gasteiger partial charge >= 0.3 is 0 Å². The summed E-state index contributed by atoms with van der Waals surface area (Å²) in [5, 5.41) is 11.9. The molecule has 122 valence electrons. The molecule has 0 aliphatic rings. The van der Waals surface area contributed by atoms with Crippen LogP contribution in [0.3, 0.4) is 0 Å². The van der Waals surface area contributed by atoms with Gasteiger partial charge in [0.05, 0.1) is 19.9 Å². The molecule has 1 N–H and O–H groups in total. The number of aromatic nitrogens is 1. The Morgan fingerprint density at radius 3 is 2.33 bits per heavy atom. The molecule has 6 heteroatoms. The van der Waals surface area contributed by atoms with Crippen molar-refractivity contribution in [1.82, 2.24) is 4.98 Å². The molecule has 2 aromatic carbocycles. The van der Waals surface area contributed by atoms with Gasteiger partial charge in [-0.3, -0.25) is 0 Å². The van der Waals surface area contributed by atoms with Crippen molar-refractivity contribution in [2.24, 2.45) is 4.99 Å². The Morgan fingerprint density at radius 1 is 1.04 bits per heavy atom. The number of thiazole rings is 1. The maximum Gasteiger partial charge on any atom is 0.209 e. The van der Waals surface area contributed by atoms with E-state index in [1.54, 1.807) is 32.6 Å². The average molecular weight is 340 g/mol. The molecule has 0 atom stereocenters. The van der Waals surface area contributed by atoms with Gasteiger partial charge < -0.3 is 14.6 Å². The molecule has 0 fully saturated rings. The van der Waals surface area contributed by atoms with Gasteiger partial charge in [0.25, 0.3) is 0 Å². The Hall–Kier alpha value is -2.86. The van der Waals surface area contributed by atoms with Crippen LogP contribution in [0.25, 0.3) is 11.3 Å². The molecular formula is C18H16N2O3S. The number of phenolic OH excluding ortho intramolecular Hbond substituents is 1. The SMILES string of the molecule is COc1cc(/C=N/c2nc(-c3ccc(O)cc3)cs2)cc(OC)c1. The van der Waals surface area contributed by atoms with Crippen LogP contribution in [0.15, 0.2) is 52.8 Å². The second kappa shape index (κ2) is 7.14. The highest BCUT2D eigenvalue weighted by Gasteiger charge is 2.04. The number of aromatic hydroxyl groups is 1. The fourth-order valence-electron chi connectivity index (χ4n) is 2.12. The Kier molecular flexibility index (Phi) is 4.77. The van der Waals surface area contributed by atoms with Crippen LogP contribution in [0.1, 0.15) is 5.56 Å². The topological polar surface area (TPSA) is 63.9 Å². The molecule has 0 bridgehead atoms. The van der Waals surface area contributed by atoms with Gasteiger partial charge in [-0.2, -0.15) is 0 Å². The first-order chi connectivity index (χ1) is 11.7. The van der Waals surface area contributed by atoms with Gasteiger partial charge in [0.2, 0.25) is 5.13 Å². The summed E-state index contributed by atoms with van der Waals surface area (Å²) in [5.74, 6) is 1.65. The molecule has 1 aromatic heterocycles. The summed E-state index contributed by atoms with van der Waals surface area (Å²) < 4.78 is 10.5. The molecule has 3 aromatic rings. The highest BCUT2D eigenvalue weighted by Crippen LogP contribution is 2.28. The van der Waals surface area contributed by atoms with E-state index in [1.807, 2.05) is 35.7 Å². The average Bonchev–Trinajstić information content (AvgIpc) is 3.09. The monoisotopic (exact) mass is 340 g/mol. The Bertz CT molecular complexity index is 835. The van der Waals surface area contributed by atoms with E-state index < -0.39 is 0 Å². The zero-order valence-electron chi connectivity index (χ0n) is 13.3. The molecule has 0 aliphatic heterocycles. The Labute approximate surface area is 143 Å². The van der Waals surface area contributed by atoms with Crippen LogP contribution in [-0.4, -0.2) is 30.5 Å². The number of methoxy groups -OCH3 is 2. The first-order valence-electron chi connectivity index (χ1n) is 7.20. The predicted octanol–water partition coefficient (Wildman–Crippen LogP) is 4.28. The van der Waals surface area contributed by atoms with Gasteiger partial charge in [0, 0.05) is 28.8 Å². The van der Waals surface area contributed by atoms with Crippen LogP contribution < -0.4 is 9.47 Å². The van der Waals surface area contributed by atoms with Crippen molar-refractivity contribution in [3.8, 4) is 28.5 Å². The summed E-state index contributed by atoms with van der Waals surface area (Å²) >= 11 is 1.45. The molecule has 0 radical (unpaired) electrons. The van der Waals surface area contributed by atoms with Gasteiger partial charge in [-0.25, -0.2) is 9.98 Å². The molecule has 3 rings (SSSR count). The van der Waals surface area contributed by atoms with E-state index >= 15 is 0 Å². The van der Waals surface area contributed by atoms with Crippen LogP contribution in [0.5, 0.6) is 17.2 Å². The van der Waals surface area contributed by atoms with E-state index in [2.05, 4.69) is 9.98 Å². The highest BCUT2D eigenvalue weighted by molar-refractivity contribution is 7.13. The van der Waals surface area contributed by atoms with Crippen molar-refractivity contribution in [1.29, 1.82) is 0 Å². The summed E-state index contributed by atoms with van der Waals surface area (Å²) in [5.41, 5.74) is 2.64. The summed E-state index contributed by atoms with van der Waals surface area (Å²) in [7, 11) is 3.22. The second-order valence-electron chi connectivity index (χ2n) is 4.97. The molecule has 0 spiro atoms. The highest BCUT2D eigenvalue weighted by atomic mass is 32.1. The lowest BCUT2D eigenvalue weighted by atomic mass is 10.2. The number of nitrogens with zero attached hydrogens (tertiary/aromatic N) is 2. The standard InChI is InChI=1S/C18H16N2O3S/c1-22-15-7-12(8-16(9-15)23-2)10-19-18-20-17(11-24-18)13-3-5-14(21)6-4-13/h3-11,21H,1-2H3/b19-10+. The summed E-state index contributed by atoms with van der Waals surface area (Å²) in [6.07, 6.45) is 1.73. The fourth-order valence-corrected chi connectivity index (χ4v) is 2.79. The van der Waals surface area contributed by atoms with Crippen molar-refractivity contribution < 1.29 is 14.6 Å². The zero-order chi connectivity index (χ0) is 16.9. The number of benzene rings is 2. The van der Waals surface area contributed by atoms with Crippen LogP contribution >= 0.6 is 11.3 Å². The largest absolute Gasteiger partial charge is 0.508 e. The van der Waals surface area contributed by atoms with Crippen molar-refractivity contribution in [3.05, 3.63) is 53.4 Å². The number of aliphatic imine (C=N–C) groups is 1. The number of ether oxygens (including phenoxy) is 2. The first kappa shape index (κ1) is 16.0. The van der Waals surface area contributed by atoms with E-state index in [0.29, 0.717) is 16.6 Å². The summed E-state index contributed by atoms with van der Waals surface area (Å²) in [6.45, 7) is 0. The fraction of sp³-hybridized carbons (Fsp3) is 0.111. The zero-order valence-corrected chi connectivity index (χ0v) is 14.1. The molecule has 1 heterocycles. The quantitative estimate of drug-likeness (QED) is 0.704. The van der Waals surface area contributed by atoms with Crippen molar-refractivity contribution in [2.45, 2.75) is 0 Å². The molecule has 0 saturated heterocycles. The third-order valence-corrected chi connectivity index (χ3v) is 4.10.